The van der Waals surface area contributed by atoms with Gasteiger partial charge in [0.2, 0.25) is 5.95 Å². The molecule has 1 aliphatic rings. The molecule has 0 aliphatic carbocycles. The van der Waals surface area contributed by atoms with Crippen molar-refractivity contribution in [3.05, 3.63) is 51.7 Å². The van der Waals surface area contributed by atoms with E-state index in [1.54, 1.807) is 17.7 Å². The molecule has 122 valence electrons. The van der Waals surface area contributed by atoms with E-state index in [1.807, 2.05) is 12.4 Å². The molecular formula is C18H24N4O. The molecule has 3 rings (SSSR count). The first-order valence-corrected chi connectivity index (χ1v) is 8.32. The number of pyridine rings is 1. The highest BCUT2D eigenvalue weighted by Crippen LogP contribution is 2.28. The standard InChI is InChI=1S/C18H24N4O/c1-4-16-13(2)12-19-18(20-16)22-9-6-14(7-10-22)15-5-8-21(3)17(23)11-15/h5,8,11-12,14H,4,6-7,9-10H2,1-3H3. The molecule has 0 N–H and O–H groups in total. The van der Waals surface area contributed by atoms with E-state index in [2.05, 4.69) is 29.8 Å². The first-order valence-electron chi connectivity index (χ1n) is 8.32. The van der Waals surface area contributed by atoms with Gasteiger partial charge < -0.3 is 9.47 Å². The highest BCUT2D eigenvalue weighted by Gasteiger charge is 2.22. The number of aromatic nitrogens is 3. The maximum absolute atomic E-state index is 11.8. The molecule has 0 aromatic carbocycles. The normalized spacial score (nSPS) is 15.9. The van der Waals surface area contributed by atoms with Crippen LogP contribution in [0, 0.1) is 6.92 Å². The Morgan fingerprint density at radius 1 is 1.30 bits per heavy atom. The summed E-state index contributed by atoms with van der Waals surface area (Å²) in [5, 5.41) is 0. The molecule has 0 unspecified atom stereocenters. The van der Waals surface area contributed by atoms with Crippen LogP contribution in [0.3, 0.4) is 0 Å². The summed E-state index contributed by atoms with van der Waals surface area (Å²) in [5.74, 6) is 1.30. The summed E-state index contributed by atoms with van der Waals surface area (Å²) in [4.78, 5) is 23.3. The minimum Gasteiger partial charge on any atom is -0.341 e. The molecule has 0 bridgehead atoms. The fourth-order valence-electron chi connectivity index (χ4n) is 3.21. The number of anilines is 1. The number of piperidine rings is 1. The lowest BCUT2D eigenvalue weighted by Crippen LogP contribution is -2.34. The minimum absolute atomic E-state index is 0.0689. The van der Waals surface area contributed by atoms with Crippen molar-refractivity contribution in [2.24, 2.45) is 7.05 Å². The van der Waals surface area contributed by atoms with Crippen LogP contribution in [0.1, 0.15) is 42.5 Å². The molecule has 5 nitrogen and oxygen atoms in total. The van der Waals surface area contributed by atoms with E-state index in [0.717, 1.165) is 55.1 Å². The average molecular weight is 312 g/mol. The molecule has 0 atom stereocenters. The predicted octanol–water partition coefficient (Wildman–Crippen LogP) is 2.43. The van der Waals surface area contributed by atoms with Gasteiger partial charge in [-0.3, -0.25) is 4.79 Å². The van der Waals surface area contributed by atoms with Crippen LogP contribution >= 0.6 is 0 Å². The largest absolute Gasteiger partial charge is 0.341 e. The van der Waals surface area contributed by atoms with E-state index < -0.39 is 0 Å². The van der Waals surface area contributed by atoms with Crippen LogP contribution < -0.4 is 10.5 Å². The van der Waals surface area contributed by atoms with Gasteiger partial charge in [0, 0.05) is 44.3 Å². The Balaban J connectivity index is 1.70. The number of hydrogen-bond donors (Lipinski definition) is 0. The zero-order valence-electron chi connectivity index (χ0n) is 14.1. The van der Waals surface area contributed by atoms with E-state index in [4.69, 9.17) is 4.98 Å². The molecule has 1 fully saturated rings. The van der Waals surface area contributed by atoms with E-state index in [1.165, 1.54) is 0 Å². The number of aryl methyl sites for hydroxylation is 3. The predicted molar refractivity (Wildman–Crippen MR) is 92.0 cm³/mol. The monoisotopic (exact) mass is 312 g/mol. The highest BCUT2D eigenvalue weighted by molar-refractivity contribution is 5.34. The Labute approximate surface area is 137 Å². The number of rotatable bonds is 3. The number of hydrogen-bond acceptors (Lipinski definition) is 4. The van der Waals surface area contributed by atoms with E-state index in [9.17, 15) is 4.79 Å². The molecule has 2 aromatic rings. The summed E-state index contributed by atoms with van der Waals surface area (Å²) in [7, 11) is 1.79. The van der Waals surface area contributed by atoms with E-state index in [-0.39, 0.29) is 5.56 Å². The molecule has 0 spiro atoms. The fraction of sp³-hybridized carbons (Fsp3) is 0.500. The second kappa shape index (κ2) is 6.52. The summed E-state index contributed by atoms with van der Waals surface area (Å²) >= 11 is 0. The van der Waals surface area contributed by atoms with Gasteiger partial charge in [0.05, 0.1) is 0 Å². The zero-order chi connectivity index (χ0) is 16.4. The lowest BCUT2D eigenvalue weighted by atomic mass is 9.90. The fourth-order valence-corrected chi connectivity index (χ4v) is 3.21. The topological polar surface area (TPSA) is 51.0 Å². The summed E-state index contributed by atoms with van der Waals surface area (Å²) in [5.41, 5.74) is 3.51. The van der Waals surface area contributed by atoms with Crippen LogP contribution in [0.4, 0.5) is 5.95 Å². The smallest absolute Gasteiger partial charge is 0.250 e. The third-order valence-corrected chi connectivity index (χ3v) is 4.78. The van der Waals surface area contributed by atoms with Gasteiger partial charge in [0.25, 0.3) is 5.56 Å². The van der Waals surface area contributed by atoms with Crippen LogP contribution in [-0.2, 0) is 13.5 Å². The van der Waals surface area contributed by atoms with Crippen molar-refractivity contribution in [1.29, 1.82) is 0 Å². The van der Waals surface area contributed by atoms with Crippen LogP contribution in [0.25, 0.3) is 0 Å². The third kappa shape index (κ3) is 3.28. The molecule has 0 saturated carbocycles. The maximum atomic E-state index is 11.8. The van der Waals surface area contributed by atoms with Gasteiger partial charge in [-0.2, -0.15) is 0 Å². The average Bonchev–Trinajstić information content (AvgIpc) is 2.58. The zero-order valence-corrected chi connectivity index (χ0v) is 14.1. The van der Waals surface area contributed by atoms with Crippen molar-refractivity contribution in [3.63, 3.8) is 0 Å². The molecule has 23 heavy (non-hydrogen) atoms. The van der Waals surface area contributed by atoms with Gasteiger partial charge in [-0.1, -0.05) is 6.92 Å². The van der Waals surface area contributed by atoms with Gasteiger partial charge in [-0.15, -0.1) is 0 Å². The van der Waals surface area contributed by atoms with Gasteiger partial charge in [-0.25, -0.2) is 9.97 Å². The third-order valence-electron chi connectivity index (χ3n) is 4.78. The Morgan fingerprint density at radius 3 is 2.70 bits per heavy atom. The molecule has 0 amide bonds. The Bertz CT molecular complexity index is 745. The molecule has 1 aliphatic heterocycles. The van der Waals surface area contributed by atoms with Gasteiger partial charge in [0.1, 0.15) is 0 Å². The Hall–Kier alpha value is -2.17. The second-order valence-corrected chi connectivity index (χ2v) is 6.32. The SMILES string of the molecule is CCc1nc(N2CCC(c3ccn(C)c(=O)c3)CC2)ncc1C. The minimum atomic E-state index is 0.0689. The van der Waals surface area contributed by atoms with Crippen molar-refractivity contribution in [2.75, 3.05) is 18.0 Å². The van der Waals surface area contributed by atoms with Crippen LogP contribution in [0.15, 0.2) is 29.3 Å². The first kappa shape index (κ1) is 15.7. The van der Waals surface area contributed by atoms with Crippen molar-refractivity contribution in [3.8, 4) is 0 Å². The van der Waals surface area contributed by atoms with Crippen LogP contribution in [0.2, 0.25) is 0 Å². The molecular weight excluding hydrogens is 288 g/mol. The van der Waals surface area contributed by atoms with Crippen molar-refractivity contribution >= 4 is 5.95 Å². The van der Waals surface area contributed by atoms with E-state index in [0.29, 0.717) is 5.92 Å². The van der Waals surface area contributed by atoms with Crippen molar-refractivity contribution in [1.82, 2.24) is 14.5 Å². The second-order valence-electron chi connectivity index (χ2n) is 6.32. The summed E-state index contributed by atoms with van der Waals surface area (Å²) < 4.78 is 1.62. The molecule has 0 radical (unpaired) electrons. The van der Waals surface area contributed by atoms with E-state index >= 15 is 0 Å². The Kier molecular flexibility index (Phi) is 4.46. The highest BCUT2D eigenvalue weighted by atomic mass is 16.1. The quantitative estimate of drug-likeness (QED) is 0.873. The summed E-state index contributed by atoms with van der Waals surface area (Å²) in [6.45, 7) is 6.06. The number of nitrogens with zero attached hydrogens (tertiary/aromatic N) is 4. The van der Waals surface area contributed by atoms with Gasteiger partial charge in [0.15, 0.2) is 0 Å². The lowest BCUT2D eigenvalue weighted by Gasteiger charge is -2.32. The van der Waals surface area contributed by atoms with Crippen molar-refractivity contribution < 1.29 is 0 Å². The lowest BCUT2D eigenvalue weighted by molar-refractivity contribution is 0.497. The van der Waals surface area contributed by atoms with Crippen molar-refractivity contribution in [2.45, 2.75) is 39.0 Å². The first-order chi connectivity index (χ1) is 11.1. The molecule has 2 aromatic heterocycles. The maximum Gasteiger partial charge on any atom is 0.250 e. The Morgan fingerprint density at radius 2 is 2.04 bits per heavy atom. The van der Waals surface area contributed by atoms with Crippen LogP contribution in [-0.4, -0.2) is 27.6 Å². The molecule has 3 heterocycles. The molecule has 5 heteroatoms. The van der Waals surface area contributed by atoms with Gasteiger partial charge >= 0.3 is 0 Å². The molecule has 1 saturated heterocycles. The summed E-state index contributed by atoms with van der Waals surface area (Å²) in [6, 6.07) is 3.84. The van der Waals surface area contributed by atoms with Gasteiger partial charge in [-0.05, 0) is 49.3 Å². The summed E-state index contributed by atoms with van der Waals surface area (Å²) in [6.07, 6.45) is 6.79. The van der Waals surface area contributed by atoms with Crippen LogP contribution in [0.5, 0.6) is 0 Å².